The summed E-state index contributed by atoms with van der Waals surface area (Å²) in [4.78, 5) is 33.8. The Kier molecular flexibility index (Phi) is 17.0. The van der Waals surface area contributed by atoms with Crippen LogP contribution in [0.2, 0.25) is 0 Å². The Morgan fingerprint density at radius 1 is 0.724 bits per heavy atom. The van der Waals surface area contributed by atoms with Crippen molar-refractivity contribution in [2.24, 2.45) is 0 Å². The summed E-state index contributed by atoms with van der Waals surface area (Å²) in [5.74, 6) is -0.757. The molecule has 2 atom stereocenters. The third-order valence-corrected chi connectivity index (χ3v) is 4.61. The Hall–Kier alpha value is -1.85. The van der Waals surface area contributed by atoms with Gasteiger partial charge in [-0.15, -0.1) is 0 Å². The molecule has 168 valence electrons. The highest BCUT2D eigenvalue weighted by Gasteiger charge is 2.12. The number of unbranched alkanes of at least 4 members (excludes halogenated alkanes) is 7. The zero-order chi connectivity index (χ0) is 21.9. The molecule has 0 fully saturated rings. The van der Waals surface area contributed by atoms with Gasteiger partial charge in [-0.2, -0.15) is 0 Å². The highest BCUT2D eigenvalue weighted by Crippen LogP contribution is 2.15. The maximum atomic E-state index is 11.4. The summed E-state index contributed by atoms with van der Waals surface area (Å²) in [7, 11) is 1.41. The zero-order valence-electron chi connectivity index (χ0n) is 18.7. The van der Waals surface area contributed by atoms with Crippen LogP contribution in [0.3, 0.4) is 0 Å². The first-order valence-corrected chi connectivity index (χ1v) is 11.0. The van der Waals surface area contributed by atoms with Gasteiger partial charge in [0.1, 0.15) is 12.2 Å². The van der Waals surface area contributed by atoms with E-state index in [9.17, 15) is 14.4 Å². The summed E-state index contributed by atoms with van der Waals surface area (Å²) >= 11 is 0. The van der Waals surface area contributed by atoms with Crippen molar-refractivity contribution in [3.05, 3.63) is 12.2 Å². The van der Waals surface area contributed by atoms with Crippen molar-refractivity contribution in [2.45, 2.75) is 110 Å². The number of methoxy groups -OCH3 is 1. The fourth-order valence-corrected chi connectivity index (χ4v) is 3.08. The minimum Gasteiger partial charge on any atom is -0.469 e. The molecule has 6 nitrogen and oxygen atoms in total. The quantitative estimate of drug-likeness (QED) is 0.140. The van der Waals surface area contributed by atoms with Crippen LogP contribution in [0.15, 0.2) is 12.2 Å². The Balaban J connectivity index is 4.30. The molecule has 0 spiro atoms. The normalized spacial score (nSPS) is 13.1. The first-order valence-electron chi connectivity index (χ1n) is 11.0. The predicted molar refractivity (Wildman–Crippen MR) is 113 cm³/mol. The first kappa shape index (κ1) is 27.1. The number of rotatable bonds is 17. The maximum Gasteiger partial charge on any atom is 0.305 e. The lowest BCUT2D eigenvalue weighted by Crippen LogP contribution is -2.17. The topological polar surface area (TPSA) is 78.9 Å². The smallest absolute Gasteiger partial charge is 0.305 e. The van der Waals surface area contributed by atoms with E-state index >= 15 is 0 Å². The summed E-state index contributed by atoms with van der Waals surface area (Å²) in [5.41, 5.74) is 0. The molecule has 0 aromatic rings. The second-order valence-electron chi connectivity index (χ2n) is 7.41. The zero-order valence-corrected chi connectivity index (χ0v) is 18.7. The van der Waals surface area contributed by atoms with Gasteiger partial charge in [-0.05, 0) is 44.3 Å². The van der Waals surface area contributed by atoms with Crippen molar-refractivity contribution < 1.29 is 28.6 Å². The van der Waals surface area contributed by atoms with Crippen LogP contribution < -0.4 is 0 Å². The van der Waals surface area contributed by atoms with Crippen molar-refractivity contribution >= 4 is 17.9 Å². The lowest BCUT2D eigenvalue weighted by Gasteiger charge is -2.16. The monoisotopic (exact) mass is 412 g/mol. The maximum absolute atomic E-state index is 11.4. The second kappa shape index (κ2) is 18.2. The van der Waals surface area contributed by atoms with Gasteiger partial charge in [0.2, 0.25) is 0 Å². The number of hydrogen-bond donors (Lipinski definition) is 0. The van der Waals surface area contributed by atoms with Crippen LogP contribution >= 0.6 is 0 Å². The first-order chi connectivity index (χ1) is 13.9. The third-order valence-electron chi connectivity index (χ3n) is 4.61. The molecule has 29 heavy (non-hydrogen) atoms. The lowest BCUT2D eigenvalue weighted by atomic mass is 10.0. The van der Waals surface area contributed by atoms with Gasteiger partial charge in [-0.3, -0.25) is 14.4 Å². The van der Waals surface area contributed by atoms with Crippen molar-refractivity contribution in [2.75, 3.05) is 7.11 Å². The molecule has 0 aromatic carbocycles. The van der Waals surface area contributed by atoms with Crippen LogP contribution in [0, 0.1) is 0 Å². The Morgan fingerprint density at radius 3 is 1.62 bits per heavy atom. The van der Waals surface area contributed by atoms with Crippen molar-refractivity contribution in [1.29, 1.82) is 0 Å². The van der Waals surface area contributed by atoms with Crippen LogP contribution in [0.5, 0.6) is 0 Å². The molecule has 0 radical (unpaired) electrons. The van der Waals surface area contributed by atoms with Crippen LogP contribution in [-0.2, 0) is 28.6 Å². The van der Waals surface area contributed by atoms with Gasteiger partial charge >= 0.3 is 17.9 Å². The summed E-state index contributed by atoms with van der Waals surface area (Å²) in [6.45, 7) is 4.95. The van der Waals surface area contributed by atoms with Gasteiger partial charge in [-0.1, -0.05) is 45.4 Å². The summed E-state index contributed by atoms with van der Waals surface area (Å²) in [6.07, 6.45) is 14.4. The van der Waals surface area contributed by atoms with E-state index in [1.54, 1.807) is 0 Å². The molecule has 0 aromatic heterocycles. The predicted octanol–water partition coefficient (Wildman–Crippen LogP) is 5.28. The molecular formula is C23H40O6. The molecule has 0 aliphatic rings. The third kappa shape index (κ3) is 17.9. The molecule has 0 amide bonds. The molecule has 0 bridgehead atoms. The molecule has 6 heteroatoms. The van der Waals surface area contributed by atoms with Gasteiger partial charge in [0.15, 0.2) is 0 Å². The number of carbonyl (C=O) groups excluding carboxylic acids is 3. The van der Waals surface area contributed by atoms with Crippen LogP contribution in [0.25, 0.3) is 0 Å². The highest BCUT2D eigenvalue weighted by atomic mass is 16.5. The van der Waals surface area contributed by atoms with E-state index in [0.29, 0.717) is 6.42 Å². The molecule has 0 saturated carbocycles. The number of ether oxygens (including phenoxy) is 3. The van der Waals surface area contributed by atoms with Gasteiger partial charge in [0.05, 0.1) is 7.11 Å². The molecule has 0 N–H and O–H groups in total. The largest absolute Gasteiger partial charge is 0.469 e. The highest BCUT2D eigenvalue weighted by molar-refractivity contribution is 5.69. The molecule has 0 rings (SSSR count). The van der Waals surface area contributed by atoms with E-state index < -0.39 is 0 Å². The minimum absolute atomic E-state index is 0.150. The Labute approximate surface area is 176 Å². The molecule has 0 saturated heterocycles. The number of hydrogen-bond acceptors (Lipinski definition) is 6. The number of carbonyl (C=O) groups is 3. The Morgan fingerprint density at radius 2 is 1.17 bits per heavy atom. The van der Waals surface area contributed by atoms with Gasteiger partial charge in [0, 0.05) is 20.3 Å². The second-order valence-corrected chi connectivity index (χ2v) is 7.41. The summed E-state index contributed by atoms with van der Waals surface area (Å²) in [6, 6.07) is 0. The lowest BCUT2D eigenvalue weighted by molar-refractivity contribution is -0.146. The van der Waals surface area contributed by atoms with E-state index in [1.165, 1.54) is 21.0 Å². The van der Waals surface area contributed by atoms with Gasteiger partial charge in [-0.25, -0.2) is 0 Å². The molecule has 0 aliphatic carbocycles. The molecule has 0 heterocycles. The van der Waals surface area contributed by atoms with Crippen LogP contribution in [0.1, 0.15) is 97.8 Å². The molecule has 2 unspecified atom stereocenters. The average Bonchev–Trinajstić information content (AvgIpc) is 2.66. The van der Waals surface area contributed by atoms with Gasteiger partial charge < -0.3 is 14.2 Å². The van der Waals surface area contributed by atoms with E-state index in [0.717, 1.165) is 70.6 Å². The standard InChI is InChI=1S/C23H40O6/c1-5-6-11-14-21(28-19(2)24)17-18-22(29-20(3)25)15-12-9-7-8-10-13-16-23(26)27-4/h17-18,21-22H,5-16H2,1-4H3/b18-17+. The average molecular weight is 413 g/mol. The van der Waals surface area contributed by atoms with E-state index in [2.05, 4.69) is 11.7 Å². The molecule has 0 aliphatic heterocycles. The Bertz CT molecular complexity index is 486. The van der Waals surface area contributed by atoms with Gasteiger partial charge in [0.25, 0.3) is 0 Å². The summed E-state index contributed by atoms with van der Waals surface area (Å²) < 4.78 is 15.4. The van der Waals surface area contributed by atoms with E-state index in [-0.39, 0.29) is 30.1 Å². The number of esters is 3. The summed E-state index contributed by atoms with van der Waals surface area (Å²) in [5, 5.41) is 0. The fourth-order valence-electron chi connectivity index (χ4n) is 3.08. The van der Waals surface area contributed by atoms with Crippen molar-refractivity contribution in [3.8, 4) is 0 Å². The van der Waals surface area contributed by atoms with Crippen molar-refractivity contribution in [1.82, 2.24) is 0 Å². The van der Waals surface area contributed by atoms with Crippen molar-refractivity contribution in [3.63, 3.8) is 0 Å². The minimum atomic E-state index is -0.308. The van der Waals surface area contributed by atoms with Crippen LogP contribution in [-0.4, -0.2) is 37.2 Å². The molecular weight excluding hydrogens is 372 g/mol. The van der Waals surface area contributed by atoms with E-state index in [1.807, 2.05) is 12.2 Å². The fraction of sp³-hybridized carbons (Fsp3) is 0.783. The van der Waals surface area contributed by atoms with Crippen LogP contribution in [0.4, 0.5) is 0 Å². The van der Waals surface area contributed by atoms with E-state index in [4.69, 9.17) is 9.47 Å². The SMILES string of the molecule is CCCCCC(/C=C/C(CCCCCCCCC(=O)OC)OC(C)=O)OC(C)=O.